The molecule has 0 aromatic carbocycles. The Morgan fingerprint density at radius 2 is 2.12 bits per heavy atom. The Kier molecular flexibility index (Phi) is 4.37. The van der Waals surface area contributed by atoms with Crippen LogP contribution in [0, 0.1) is 5.92 Å². The van der Waals surface area contributed by atoms with Crippen LogP contribution in [0.4, 0.5) is 8.78 Å². The first-order chi connectivity index (χ1) is 11.1. The van der Waals surface area contributed by atoms with Crippen molar-refractivity contribution in [3.8, 4) is 0 Å². The molecule has 2 aliphatic carbocycles. The van der Waals surface area contributed by atoms with Crippen LogP contribution in [0.5, 0.6) is 0 Å². The molecule has 2 aliphatic rings. The first kappa shape index (κ1) is 17.3. The van der Waals surface area contributed by atoms with Gasteiger partial charge in [-0.2, -0.15) is 0 Å². The lowest BCUT2D eigenvalue weighted by Gasteiger charge is -2.33. The van der Waals surface area contributed by atoms with Gasteiger partial charge in [0.1, 0.15) is 11.5 Å². The molecule has 7 nitrogen and oxygen atoms in total. The predicted octanol–water partition coefficient (Wildman–Crippen LogP) is 0.743. The van der Waals surface area contributed by atoms with Crippen molar-refractivity contribution in [3.05, 3.63) is 17.0 Å². The molecule has 1 aromatic rings. The molecule has 1 fully saturated rings. The van der Waals surface area contributed by atoms with Crippen LogP contribution in [-0.2, 0) is 34.2 Å². The van der Waals surface area contributed by atoms with Gasteiger partial charge in [-0.3, -0.25) is 4.79 Å². The number of nitrogens with one attached hydrogen (secondary N) is 2. The highest BCUT2D eigenvalue weighted by Crippen LogP contribution is 2.42. The second-order valence-electron chi connectivity index (χ2n) is 6.54. The second-order valence-corrected chi connectivity index (χ2v) is 8.32. The largest absolute Gasteiger partial charge is 0.361 e. The van der Waals surface area contributed by atoms with Crippen molar-refractivity contribution in [1.29, 1.82) is 0 Å². The van der Waals surface area contributed by atoms with E-state index in [4.69, 9.17) is 4.52 Å². The van der Waals surface area contributed by atoms with Gasteiger partial charge in [0, 0.05) is 36.8 Å². The first-order valence-corrected chi connectivity index (χ1v) is 9.61. The molecule has 0 aliphatic heterocycles. The minimum absolute atomic E-state index is 0.0886. The van der Waals surface area contributed by atoms with E-state index in [1.807, 2.05) is 0 Å². The lowest BCUT2D eigenvalue weighted by molar-refractivity contribution is -0.150. The van der Waals surface area contributed by atoms with Gasteiger partial charge in [-0.1, -0.05) is 5.16 Å². The number of carbonyl (C=O) groups excluding carboxylic acids is 1. The summed E-state index contributed by atoms with van der Waals surface area (Å²) in [5.41, 5.74) is 1.30. The molecular weight excluding hydrogens is 344 g/mol. The topological polar surface area (TPSA) is 101 Å². The molecule has 1 atom stereocenters. The molecule has 134 valence electrons. The number of aryl methyl sites for hydroxylation is 1. The van der Waals surface area contributed by atoms with Crippen LogP contribution in [0.1, 0.15) is 36.3 Å². The fourth-order valence-electron chi connectivity index (χ4n) is 3.17. The zero-order chi connectivity index (χ0) is 17.5. The van der Waals surface area contributed by atoms with Crippen LogP contribution in [0.3, 0.4) is 0 Å². The molecule has 1 unspecified atom stereocenters. The summed E-state index contributed by atoms with van der Waals surface area (Å²) in [5, 5.41) is 6.52. The normalized spacial score (nSPS) is 23.4. The summed E-state index contributed by atoms with van der Waals surface area (Å²) in [5.74, 6) is -3.14. The number of amides is 1. The molecular formula is C14H19F2N3O4S. The Hall–Kier alpha value is -1.55. The molecule has 1 saturated carbocycles. The predicted molar refractivity (Wildman–Crippen MR) is 79.8 cm³/mol. The van der Waals surface area contributed by atoms with Crippen molar-refractivity contribution in [2.24, 2.45) is 5.92 Å². The number of aromatic nitrogens is 1. The van der Waals surface area contributed by atoms with Gasteiger partial charge in [0.15, 0.2) is 0 Å². The van der Waals surface area contributed by atoms with E-state index in [0.717, 1.165) is 11.8 Å². The van der Waals surface area contributed by atoms with Gasteiger partial charge in [0.05, 0.1) is 12.8 Å². The van der Waals surface area contributed by atoms with E-state index in [0.29, 0.717) is 30.7 Å². The molecule has 1 heterocycles. The summed E-state index contributed by atoms with van der Waals surface area (Å²) in [6, 6.07) is -0.244. The van der Waals surface area contributed by atoms with Crippen molar-refractivity contribution in [2.45, 2.75) is 50.6 Å². The number of sulfonamides is 1. The summed E-state index contributed by atoms with van der Waals surface area (Å²) in [7, 11) is -3.31. The van der Waals surface area contributed by atoms with Gasteiger partial charge in [0.25, 0.3) is 0 Å². The number of halogens is 2. The van der Waals surface area contributed by atoms with E-state index >= 15 is 0 Å². The number of fused-ring (bicyclic) bond motifs is 1. The summed E-state index contributed by atoms with van der Waals surface area (Å²) < 4.78 is 56.1. The highest BCUT2D eigenvalue weighted by Gasteiger charge is 2.48. The van der Waals surface area contributed by atoms with Crippen LogP contribution in [0.2, 0.25) is 0 Å². The molecule has 0 radical (unpaired) electrons. The monoisotopic (exact) mass is 363 g/mol. The second kappa shape index (κ2) is 6.07. The van der Waals surface area contributed by atoms with E-state index < -0.39 is 40.6 Å². The number of alkyl halides is 2. The number of nitrogens with zero attached hydrogens (tertiary/aromatic N) is 1. The number of hydrogen-bond acceptors (Lipinski definition) is 5. The van der Waals surface area contributed by atoms with Crippen molar-refractivity contribution in [2.75, 3.05) is 6.26 Å². The molecule has 2 N–H and O–H groups in total. The average Bonchev–Trinajstić information content (AvgIpc) is 2.82. The zero-order valence-corrected chi connectivity index (χ0v) is 14.0. The van der Waals surface area contributed by atoms with Gasteiger partial charge in [0.2, 0.25) is 21.9 Å². The lowest BCUT2D eigenvalue weighted by Crippen LogP contribution is -2.45. The number of carbonyl (C=O) groups is 1. The maximum Gasteiger partial charge on any atom is 0.249 e. The van der Waals surface area contributed by atoms with E-state index in [2.05, 4.69) is 15.2 Å². The maximum absolute atomic E-state index is 12.8. The Morgan fingerprint density at radius 3 is 2.75 bits per heavy atom. The highest BCUT2D eigenvalue weighted by molar-refractivity contribution is 7.88. The molecule has 0 saturated heterocycles. The van der Waals surface area contributed by atoms with Crippen molar-refractivity contribution in [3.63, 3.8) is 0 Å². The fourth-order valence-corrected chi connectivity index (χ4v) is 3.97. The fraction of sp³-hybridized carbons (Fsp3) is 0.714. The standard InChI is InChI=1S/C14H19F2N3O4S/c1-24(21,22)19-9-2-3-12-10(4-9)11(18-23-12)7-17-13(20)8-5-14(15,16)6-8/h8-9,19H,2-7H2,1H3,(H,17,20). The molecule has 10 heteroatoms. The Morgan fingerprint density at radius 1 is 1.42 bits per heavy atom. The van der Waals surface area contributed by atoms with Crippen LogP contribution in [0.25, 0.3) is 0 Å². The minimum Gasteiger partial charge on any atom is -0.361 e. The zero-order valence-electron chi connectivity index (χ0n) is 13.1. The quantitative estimate of drug-likeness (QED) is 0.804. The molecule has 0 spiro atoms. The van der Waals surface area contributed by atoms with Gasteiger partial charge in [-0.15, -0.1) is 0 Å². The number of hydrogen-bond donors (Lipinski definition) is 2. The third-order valence-electron chi connectivity index (χ3n) is 4.39. The van der Waals surface area contributed by atoms with Gasteiger partial charge in [-0.05, 0) is 12.8 Å². The van der Waals surface area contributed by atoms with Crippen LogP contribution < -0.4 is 10.0 Å². The summed E-state index contributed by atoms with van der Waals surface area (Å²) in [6.07, 6.45) is 1.85. The van der Waals surface area contributed by atoms with E-state index in [-0.39, 0.29) is 12.6 Å². The molecule has 1 aromatic heterocycles. The van der Waals surface area contributed by atoms with Gasteiger partial charge < -0.3 is 9.84 Å². The highest BCUT2D eigenvalue weighted by atomic mass is 32.2. The molecule has 3 rings (SSSR count). The van der Waals surface area contributed by atoms with Crippen LogP contribution in [0.15, 0.2) is 4.52 Å². The smallest absolute Gasteiger partial charge is 0.249 e. The Bertz CT molecular complexity index is 739. The van der Waals surface area contributed by atoms with Gasteiger partial charge in [-0.25, -0.2) is 21.9 Å². The maximum atomic E-state index is 12.8. The SMILES string of the molecule is CS(=O)(=O)NC1CCc2onc(CNC(=O)C3CC(F)(F)C3)c2C1. The summed E-state index contributed by atoms with van der Waals surface area (Å²) >= 11 is 0. The molecule has 0 bridgehead atoms. The molecule has 1 amide bonds. The number of rotatable bonds is 5. The van der Waals surface area contributed by atoms with Gasteiger partial charge >= 0.3 is 0 Å². The van der Waals surface area contributed by atoms with E-state index in [1.165, 1.54) is 0 Å². The van der Waals surface area contributed by atoms with Crippen LogP contribution >= 0.6 is 0 Å². The average molecular weight is 363 g/mol. The van der Waals surface area contributed by atoms with Crippen LogP contribution in [-0.4, -0.2) is 37.7 Å². The van der Waals surface area contributed by atoms with Crippen molar-refractivity contribution < 1.29 is 26.5 Å². The van der Waals surface area contributed by atoms with E-state index in [1.54, 1.807) is 0 Å². The van der Waals surface area contributed by atoms with E-state index in [9.17, 15) is 22.0 Å². The Balaban J connectivity index is 1.59. The first-order valence-electron chi connectivity index (χ1n) is 7.72. The third kappa shape index (κ3) is 3.92. The third-order valence-corrected chi connectivity index (χ3v) is 5.15. The minimum atomic E-state index is -3.31. The summed E-state index contributed by atoms with van der Waals surface area (Å²) in [4.78, 5) is 11.8. The van der Waals surface area contributed by atoms with Crippen molar-refractivity contribution >= 4 is 15.9 Å². The lowest BCUT2D eigenvalue weighted by atomic mass is 9.81. The van der Waals surface area contributed by atoms with Crippen molar-refractivity contribution in [1.82, 2.24) is 15.2 Å². The summed E-state index contributed by atoms with van der Waals surface area (Å²) in [6.45, 7) is 0.0886. The Labute approximate surface area is 138 Å². The molecule has 24 heavy (non-hydrogen) atoms.